The Hall–Kier alpha value is -1.10. The standard InChI is InChI=1S/C15H25NO4/c1-11(9-14(17)18)12-5-4-7-16(10-12)15(19)13-6-2-3-8-20-13/h11-13H,2-10H2,1H3,(H,17,18). The number of nitrogens with zero attached hydrogens (tertiary/aromatic N) is 1. The lowest BCUT2D eigenvalue weighted by atomic mass is 9.84. The van der Waals surface area contributed by atoms with Crippen molar-refractivity contribution in [2.75, 3.05) is 19.7 Å². The van der Waals surface area contributed by atoms with Crippen LogP contribution in [0.5, 0.6) is 0 Å². The molecular weight excluding hydrogens is 258 g/mol. The summed E-state index contributed by atoms with van der Waals surface area (Å²) in [5.41, 5.74) is 0. The number of hydrogen-bond acceptors (Lipinski definition) is 3. The summed E-state index contributed by atoms with van der Waals surface area (Å²) in [5.74, 6) is -0.226. The van der Waals surface area contributed by atoms with Crippen molar-refractivity contribution in [3.63, 3.8) is 0 Å². The van der Waals surface area contributed by atoms with Crippen LogP contribution in [0.25, 0.3) is 0 Å². The fourth-order valence-corrected chi connectivity index (χ4v) is 3.26. The van der Waals surface area contributed by atoms with Crippen molar-refractivity contribution in [2.45, 2.75) is 51.6 Å². The number of carboxylic acids is 1. The minimum atomic E-state index is -0.753. The van der Waals surface area contributed by atoms with Crippen molar-refractivity contribution in [2.24, 2.45) is 11.8 Å². The summed E-state index contributed by atoms with van der Waals surface area (Å²) in [4.78, 5) is 25.1. The third kappa shape index (κ3) is 3.95. The van der Waals surface area contributed by atoms with Gasteiger partial charge >= 0.3 is 5.97 Å². The number of piperidine rings is 1. The lowest BCUT2D eigenvalue weighted by Crippen LogP contribution is -2.47. The summed E-state index contributed by atoms with van der Waals surface area (Å²) in [6.07, 6.45) is 4.83. The Balaban J connectivity index is 1.88. The number of amides is 1. The van der Waals surface area contributed by atoms with Gasteiger partial charge in [0.05, 0.1) is 0 Å². The smallest absolute Gasteiger partial charge is 0.303 e. The molecule has 2 aliphatic heterocycles. The highest BCUT2D eigenvalue weighted by atomic mass is 16.5. The fourth-order valence-electron chi connectivity index (χ4n) is 3.26. The van der Waals surface area contributed by atoms with E-state index >= 15 is 0 Å². The second-order valence-corrected chi connectivity index (χ2v) is 6.12. The van der Waals surface area contributed by atoms with Crippen LogP contribution in [0, 0.1) is 11.8 Å². The minimum Gasteiger partial charge on any atom is -0.481 e. The summed E-state index contributed by atoms with van der Waals surface area (Å²) < 4.78 is 5.57. The molecule has 0 spiro atoms. The molecule has 1 amide bonds. The van der Waals surface area contributed by atoms with Crippen LogP contribution in [0.2, 0.25) is 0 Å². The molecule has 0 aliphatic carbocycles. The summed E-state index contributed by atoms with van der Waals surface area (Å²) in [7, 11) is 0. The minimum absolute atomic E-state index is 0.108. The van der Waals surface area contributed by atoms with E-state index in [1.807, 2.05) is 11.8 Å². The SMILES string of the molecule is CC(CC(=O)O)C1CCCN(C(=O)C2CCCCO2)C1. The number of hydrogen-bond donors (Lipinski definition) is 1. The molecule has 1 N–H and O–H groups in total. The van der Waals surface area contributed by atoms with Crippen molar-refractivity contribution in [1.29, 1.82) is 0 Å². The molecule has 0 aromatic carbocycles. The van der Waals surface area contributed by atoms with Crippen molar-refractivity contribution in [3.8, 4) is 0 Å². The molecule has 2 fully saturated rings. The van der Waals surface area contributed by atoms with Crippen LogP contribution in [0.3, 0.4) is 0 Å². The Bertz CT molecular complexity index is 352. The molecule has 0 radical (unpaired) electrons. The highest BCUT2D eigenvalue weighted by Gasteiger charge is 2.32. The molecule has 2 heterocycles. The largest absolute Gasteiger partial charge is 0.481 e. The molecule has 0 saturated carbocycles. The monoisotopic (exact) mass is 283 g/mol. The van der Waals surface area contributed by atoms with Crippen LogP contribution >= 0.6 is 0 Å². The fraction of sp³-hybridized carbons (Fsp3) is 0.867. The number of ether oxygens (including phenoxy) is 1. The predicted octanol–water partition coefficient (Wildman–Crippen LogP) is 1.90. The zero-order valence-electron chi connectivity index (χ0n) is 12.2. The van der Waals surface area contributed by atoms with E-state index in [0.717, 1.165) is 38.6 Å². The number of rotatable bonds is 4. The quantitative estimate of drug-likeness (QED) is 0.855. The van der Waals surface area contributed by atoms with Crippen molar-refractivity contribution in [3.05, 3.63) is 0 Å². The zero-order valence-corrected chi connectivity index (χ0v) is 12.2. The molecule has 0 aromatic heterocycles. The van der Waals surface area contributed by atoms with Crippen LogP contribution < -0.4 is 0 Å². The molecular formula is C15H25NO4. The van der Waals surface area contributed by atoms with Gasteiger partial charge in [0.15, 0.2) is 0 Å². The molecule has 20 heavy (non-hydrogen) atoms. The maximum Gasteiger partial charge on any atom is 0.303 e. The zero-order chi connectivity index (χ0) is 14.5. The summed E-state index contributed by atoms with van der Waals surface area (Å²) in [6.45, 7) is 4.13. The molecule has 114 valence electrons. The van der Waals surface area contributed by atoms with Crippen LogP contribution in [-0.4, -0.2) is 47.7 Å². The lowest BCUT2D eigenvalue weighted by Gasteiger charge is -2.37. The van der Waals surface area contributed by atoms with E-state index in [4.69, 9.17) is 9.84 Å². The highest BCUT2D eigenvalue weighted by molar-refractivity contribution is 5.81. The lowest BCUT2D eigenvalue weighted by molar-refractivity contribution is -0.148. The van der Waals surface area contributed by atoms with Gasteiger partial charge in [-0.25, -0.2) is 0 Å². The maximum absolute atomic E-state index is 12.4. The van der Waals surface area contributed by atoms with Gasteiger partial charge in [-0.1, -0.05) is 6.92 Å². The normalized spacial score (nSPS) is 28.9. The van der Waals surface area contributed by atoms with E-state index in [1.54, 1.807) is 0 Å². The molecule has 2 rings (SSSR count). The van der Waals surface area contributed by atoms with E-state index in [0.29, 0.717) is 19.1 Å². The molecule has 2 saturated heterocycles. The number of carbonyl (C=O) groups excluding carboxylic acids is 1. The van der Waals surface area contributed by atoms with E-state index in [9.17, 15) is 9.59 Å². The van der Waals surface area contributed by atoms with Gasteiger partial charge in [0.1, 0.15) is 6.10 Å². The van der Waals surface area contributed by atoms with Crippen molar-refractivity contribution in [1.82, 2.24) is 4.90 Å². The molecule has 2 aliphatic rings. The number of aliphatic carboxylic acids is 1. The number of carbonyl (C=O) groups is 2. The topological polar surface area (TPSA) is 66.8 Å². The Labute approximate surface area is 120 Å². The molecule has 0 aromatic rings. The summed E-state index contributed by atoms with van der Waals surface area (Å²) >= 11 is 0. The van der Waals surface area contributed by atoms with Crippen molar-refractivity contribution >= 4 is 11.9 Å². The van der Waals surface area contributed by atoms with E-state index < -0.39 is 5.97 Å². The summed E-state index contributed by atoms with van der Waals surface area (Å²) in [5, 5.41) is 8.89. The second kappa shape index (κ2) is 7.07. The Morgan fingerprint density at radius 1 is 1.30 bits per heavy atom. The first kappa shape index (κ1) is 15.3. The molecule has 5 heteroatoms. The van der Waals surface area contributed by atoms with Gasteiger partial charge in [0.2, 0.25) is 0 Å². The van der Waals surface area contributed by atoms with Gasteiger partial charge in [0.25, 0.3) is 5.91 Å². The van der Waals surface area contributed by atoms with Crippen LogP contribution in [0.4, 0.5) is 0 Å². The van der Waals surface area contributed by atoms with E-state index in [-0.39, 0.29) is 24.3 Å². The first-order valence-corrected chi connectivity index (χ1v) is 7.70. The van der Waals surface area contributed by atoms with Gasteiger partial charge in [0, 0.05) is 26.1 Å². The molecule has 3 atom stereocenters. The van der Waals surface area contributed by atoms with Gasteiger partial charge in [-0.05, 0) is 43.9 Å². The third-order valence-electron chi connectivity index (χ3n) is 4.53. The van der Waals surface area contributed by atoms with Crippen LogP contribution in [0.1, 0.15) is 45.4 Å². The third-order valence-corrected chi connectivity index (χ3v) is 4.53. The predicted molar refractivity (Wildman–Crippen MR) is 74.3 cm³/mol. The molecule has 5 nitrogen and oxygen atoms in total. The van der Waals surface area contributed by atoms with Gasteiger partial charge in [-0.3, -0.25) is 9.59 Å². The van der Waals surface area contributed by atoms with Gasteiger partial charge in [-0.15, -0.1) is 0 Å². The average Bonchev–Trinajstić information content (AvgIpc) is 2.47. The average molecular weight is 283 g/mol. The Kier molecular flexibility index (Phi) is 5.40. The highest BCUT2D eigenvalue weighted by Crippen LogP contribution is 2.27. The van der Waals surface area contributed by atoms with Gasteiger partial charge in [-0.2, -0.15) is 0 Å². The molecule has 3 unspecified atom stereocenters. The summed E-state index contributed by atoms with van der Waals surface area (Å²) in [6, 6.07) is 0. The van der Waals surface area contributed by atoms with Crippen LogP contribution in [-0.2, 0) is 14.3 Å². The van der Waals surface area contributed by atoms with Crippen LogP contribution in [0.15, 0.2) is 0 Å². The number of likely N-dealkylation sites (tertiary alicyclic amines) is 1. The Morgan fingerprint density at radius 3 is 2.75 bits per heavy atom. The van der Waals surface area contributed by atoms with E-state index in [1.165, 1.54) is 0 Å². The van der Waals surface area contributed by atoms with E-state index in [2.05, 4.69) is 0 Å². The number of carboxylic acid groups (broad SMARTS) is 1. The molecule has 0 bridgehead atoms. The first-order chi connectivity index (χ1) is 9.58. The van der Waals surface area contributed by atoms with Crippen molar-refractivity contribution < 1.29 is 19.4 Å². The second-order valence-electron chi connectivity index (χ2n) is 6.12. The maximum atomic E-state index is 12.4. The first-order valence-electron chi connectivity index (χ1n) is 7.70. The van der Waals surface area contributed by atoms with Gasteiger partial charge < -0.3 is 14.7 Å². The Morgan fingerprint density at radius 2 is 2.10 bits per heavy atom.